The second-order valence-corrected chi connectivity index (χ2v) is 10.0. The first-order valence-corrected chi connectivity index (χ1v) is 12.5. The van der Waals surface area contributed by atoms with Crippen LogP contribution >= 0.6 is 0 Å². The van der Waals surface area contributed by atoms with Gasteiger partial charge in [0.25, 0.3) is 0 Å². The minimum atomic E-state index is -3.47. The number of rotatable bonds is 8. The van der Waals surface area contributed by atoms with Crippen LogP contribution in [0.25, 0.3) is 11.1 Å². The molecule has 1 aliphatic rings. The van der Waals surface area contributed by atoms with E-state index in [0.29, 0.717) is 17.4 Å². The predicted octanol–water partition coefficient (Wildman–Crippen LogP) is 4.93. The molecule has 4 rings (SSSR count). The lowest BCUT2D eigenvalue weighted by molar-refractivity contribution is 0.173. The van der Waals surface area contributed by atoms with Crippen molar-refractivity contribution in [3.63, 3.8) is 0 Å². The van der Waals surface area contributed by atoms with Crippen molar-refractivity contribution in [2.45, 2.75) is 30.7 Å². The molecule has 4 nitrogen and oxygen atoms in total. The highest BCUT2D eigenvalue weighted by Crippen LogP contribution is 2.23. The van der Waals surface area contributed by atoms with Crippen LogP contribution in [0.5, 0.6) is 0 Å². The number of nitrogens with one attached hydrogen (secondary N) is 1. The highest BCUT2D eigenvalue weighted by molar-refractivity contribution is 7.89. The summed E-state index contributed by atoms with van der Waals surface area (Å²) in [5.74, 6) is 0.579. The van der Waals surface area contributed by atoms with Crippen LogP contribution in [-0.2, 0) is 16.6 Å². The smallest absolute Gasteiger partial charge is 0.240 e. The number of hydrogen-bond donors (Lipinski definition) is 1. The monoisotopic (exact) mass is 434 g/mol. The van der Waals surface area contributed by atoms with Gasteiger partial charge in [-0.2, -0.15) is 0 Å². The van der Waals surface area contributed by atoms with E-state index in [1.807, 2.05) is 42.5 Å². The van der Waals surface area contributed by atoms with Gasteiger partial charge >= 0.3 is 0 Å². The Bertz CT molecular complexity index is 1040. The van der Waals surface area contributed by atoms with Gasteiger partial charge < -0.3 is 0 Å². The molecular weight excluding hydrogens is 404 g/mol. The lowest BCUT2D eigenvalue weighted by Gasteiger charge is -2.32. The molecule has 31 heavy (non-hydrogen) atoms. The summed E-state index contributed by atoms with van der Waals surface area (Å²) in [6.45, 7) is 3.64. The van der Waals surface area contributed by atoms with Crippen molar-refractivity contribution >= 4 is 10.0 Å². The Balaban J connectivity index is 1.23. The van der Waals surface area contributed by atoms with Crippen molar-refractivity contribution in [3.05, 3.63) is 90.5 Å². The molecular formula is C26H30N2O2S. The van der Waals surface area contributed by atoms with Crippen molar-refractivity contribution < 1.29 is 8.42 Å². The Labute approximate surface area is 186 Å². The van der Waals surface area contributed by atoms with Crippen LogP contribution in [0.1, 0.15) is 24.8 Å². The molecule has 1 aliphatic heterocycles. The number of hydrogen-bond acceptors (Lipinski definition) is 3. The average Bonchev–Trinajstić information content (AvgIpc) is 2.81. The van der Waals surface area contributed by atoms with Gasteiger partial charge in [0.1, 0.15) is 0 Å². The molecule has 0 bridgehead atoms. The average molecular weight is 435 g/mol. The first-order chi connectivity index (χ1) is 15.1. The van der Waals surface area contributed by atoms with Crippen LogP contribution in [0.2, 0.25) is 0 Å². The summed E-state index contributed by atoms with van der Waals surface area (Å²) in [6.07, 6.45) is 3.14. The molecule has 0 unspecified atom stereocenters. The van der Waals surface area contributed by atoms with Crippen molar-refractivity contribution in [1.82, 2.24) is 9.62 Å². The Morgan fingerprint density at radius 2 is 1.35 bits per heavy atom. The number of piperidine rings is 1. The fourth-order valence-corrected chi connectivity index (χ4v) is 5.26. The second-order valence-electron chi connectivity index (χ2n) is 8.28. The third kappa shape index (κ3) is 6.03. The van der Waals surface area contributed by atoms with E-state index in [-0.39, 0.29) is 0 Å². The van der Waals surface area contributed by atoms with Crippen LogP contribution < -0.4 is 4.72 Å². The van der Waals surface area contributed by atoms with E-state index >= 15 is 0 Å². The molecule has 0 radical (unpaired) electrons. The van der Waals surface area contributed by atoms with Gasteiger partial charge in [-0.05, 0) is 67.1 Å². The number of benzene rings is 3. The van der Waals surface area contributed by atoms with Gasteiger partial charge in [-0.25, -0.2) is 13.1 Å². The minimum absolute atomic E-state index is 0.324. The molecule has 1 saturated heterocycles. The molecule has 5 heteroatoms. The van der Waals surface area contributed by atoms with Gasteiger partial charge in [0.15, 0.2) is 0 Å². The minimum Gasteiger partial charge on any atom is -0.299 e. The molecule has 1 heterocycles. The maximum Gasteiger partial charge on any atom is 0.240 e. The van der Waals surface area contributed by atoms with Crippen molar-refractivity contribution in [2.24, 2.45) is 5.92 Å². The number of likely N-dealkylation sites (tertiary alicyclic amines) is 1. The zero-order chi connectivity index (χ0) is 21.5. The Morgan fingerprint density at radius 3 is 2.00 bits per heavy atom. The van der Waals surface area contributed by atoms with E-state index in [0.717, 1.165) is 50.0 Å². The summed E-state index contributed by atoms with van der Waals surface area (Å²) in [7, 11) is -3.47. The largest absolute Gasteiger partial charge is 0.299 e. The summed E-state index contributed by atoms with van der Waals surface area (Å²) in [6, 6.07) is 27.7. The Hall–Kier alpha value is -2.47. The van der Waals surface area contributed by atoms with Crippen LogP contribution in [0.3, 0.4) is 0 Å². The number of sulfonamides is 1. The quantitative estimate of drug-likeness (QED) is 0.547. The maximum absolute atomic E-state index is 12.7. The van der Waals surface area contributed by atoms with Gasteiger partial charge in [0.05, 0.1) is 4.90 Å². The van der Waals surface area contributed by atoms with Crippen molar-refractivity contribution in [2.75, 3.05) is 19.6 Å². The van der Waals surface area contributed by atoms with E-state index in [4.69, 9.17) is 0 Å². The highest BCUT2D eigenvalue weighted by atomic mass is 32.2. The SMILES string of the molecule is O=S(=O)(NCCC1CCN(Cc2ccccc2)CC1)c1ccc(-c2ccccc2)cc1. The second kappa shape index (κ2) is 10.2. The fraction of sp³-hybridized carbons (Fsp3) is 0.308. The molecule has 1 N–H and O–H groups in total. The molecule has 0 atom stereocenters. The molecule has 0 amide bonds. The van der Waals surface area contributed by atoms with E-state index in [1.54, 1.807) is 12.1 Å². The Kier molecular flexibility index (Phi) is 7.17. The van der Waals surface area contributed by atoms with E-state index < -0.39 is 10.0 Å². The predicted molar refractivity (Wildman–Crippen MR) is 126 cm³/mol. The molecule has 162 valence electrons. The molecule has 0 aromatic heterocycles. The van der Waals surface area contributed by atoms with Crippen LogP contribution in [0, 0.1) is 5.92 Å². The van der Waals surface area contributed by atoms with E-state index in [2.05, 4.69) is 40.0 Å². The summed E-state index contributed by atoms with van der Waals surface area (Å²) >= 11 is 0. The zero-order valence-corrected chi connectivity index (χ0v) is 18.6. The fourth-order valence-electron chi connectivity index (χ4n) is 4.21. The van der Waals surface area contributed by atoms with Gasteiger partial charge in [0, 0.05) is 13.1 Å². The first kappa shape index (κ1) is 21.8. The summed E-state index contributed by atoms with van der Waals surface area (Å²) in [4.78, 5) is 2.81. The highest BCUT2D eigenvalue weighted by Gasteiger charge is 2.20. The summed E-state index contributed by atoms with van der Waals surface area (Å²) in [5.41, 5.74) is 3.45. The molecule has 3 aromatic rings. The van der Waals surface area contributed by atoms with Crippen molar-refractivity contribution in [3.8, 4) is 11.1 Å². The lowest BCUT2D eigenvalue weighted by Crippen LogP contribution is -2.34. The van der Waals surface area contributed by atoms with Gasteiger partial charge in [-0.3, -0.25) is 4.90 Å². The Morgan fingerprint density at radius 1 is 0.774 bits per heavy atom. The number of nitrogens with zero attached hydrogens (tertiary/aromatic N) is 1. The van der Waals surface area contributed by atoms with Gasteiger partial charge in [-0.1, -0.05) is 72.8 Å². The molecule has 0 spiro atoms. The zero-order valence-electron chi connectivity index (χ0n) is 17.8. The summed E-state index contributed by atoms with van der Waals surface area (Å²) < 4.78 is 28.1. The molecule has 3 aromatic carbocycles. The van der Waals surface area contributed by atoms with Crippen LogP contribution in [0.4, 0.5) is 0 Å². The molecule has 1 fully saturated rings. The normalized spacial score (nSPS) is 15.7. The van der Waals surface area contributed by atoms with Crippen LogP contribution in [0.15, 0.2) is 89.8 Å². The maximum atomic E-state index is 12.7. The molecule has 0 saturated carbocycles. The third-order valence-corrected chi connectivity index (χ3v) is 7.55. The third-order valence-electron chi connectivity index (χ3n) is 6.07. The van der Waals surface area contributed by atoms with Crippen LogP contribution in [-0.4, -0.2) is 33.0 Å². The van der Waals surface area contributed by atoms with E-state index in [9.17, 15) is 8.42 Å². The summed E-state index contributed by atoms with van der Waals surface area (Å²) in [5, 5.41) is 0. The molecule has 0 aliphatic carbocycles. The van der Waals surface area contributed by atoms with Gasteiger partial charge in [0.2, 0.25) is 10.0 Å². The first-order valence-electron chi connectivity index (χ1n) is 11.0. The standard InChI is InChI=1S/C26H30N2O2S/c29-31(30,26-13-11-25(12-14-26)24-9-5-2-6-10-24)27-18-15-22-16-19-28(20-17-22)21-23-7-3-1-4-8-23/h1-14,22,27H,15-21H2. The lowest BCUT2D eigenvalue weighted by atomic mass is 9.93. The van der Waals surface area contributed by atoms with Gasteiger partial charge in [-0.15, -0.1) is 0 Å². The topological polar surface area (TPSA) is 49.4 Å². The van der Waals surface area contributed by atoms with E-state index in [1.165, 1.54) is 5.56 Å². The van der Waals surface area contributed by atoms with Crippen molar-refractivity contribution in [1.29, 1.82) is 0 Å².